The van der Waals surface area contributed by atoms with Gasteiger partial charge in [-0.1, -0.05) is 43.2 Å². The van der Waals surface area contributed by atoms with Crippen LogP contribution in [0, 0.1) is 5.92 Å². The van der Waals surface area contributed by atoms with E-state index in [1.54, 1.807) is 0 Å². The lowest BCUT2D eigenvalue weighted by molar-refractivity contribution is -0.149. The summed E-state index contributed by atoms with van der Waals surface area (Å²) < 4.78 is 5.37. The molecule has 1 heterocycles. The van der Waals surface area contributed by atoms with Crippen LogP contribution in [0.4, 0.5) is 0 Å². The molecule has 1 saturated heterocycles. The van der Waals surface area contributed by atoms with E-state index in [9.17, 15) is 4.79 Å². The third-order valence-electron chi connectivity index (χ3n) is 5.43. The van der Waals surface area contributed by atoms with Crippen LogP contribution in [0.25, 0.3) is 0 Å². The van der Waals surface area contributed by atoms with Gasteiger partial charge in [0, 0.05) is 12.1 Å². The minimum atomic E-state index is -0.0664. The molecule has 4 atom stereocenters. The highest BCUT2D eigenvalue weighted by Gasteiger charge is 2.47. The molecule has 0 aromatic heterocycles. The number of benzene rings is 1. The molecule has 3 rings (SSSR count). The number of nitrogens with zero attached hydrogens (tertiary/aromatic N) is 1. The summed E-state index contributed by atoms with van der Waals surface area (Å²) in [7, 11) is 0. The first kappa shape index (κ1) is 15.5. The molecule has 1 aromatic rings. The molecule has 2 aliphatic rings. The van der Waals surface area contributed by atoms with Crippen molar-refractivity contribution in [3.63, 3.8) is 0 Å². The lowest BCUT2D eigenvalue weighted by atomic mass is 9.84. The number of carbonyl (C=O) groups is 1. The van der Waals surface area contributed by atoms with E-state index in [2.05, 4.69) is 36.1 Å². The Bertz CT molecular complexity index is 501. The Labute approximate surface area is 133 Å². The average Bonchev–Trinajstić information content (AvgIpc) is 2.95. The number of esters is 1. The zero-order valence-electron chi connectivity index (χ0n) is 13.7. The van der Waals surface area contributed by atoms with Crippen LogP contribution in [0.3, 0.4) is 0 Å². The van der Waals surface area contributed by atoms with Gasteiger partial charge in [0.1, 0.15) is 6.04 Å². The van der Waals surface area contributed by atoms with Crippen molar-refractivity contribution in [2.75, 3.05) is 6.61 Å². The quantitative estimate of drug-likeness (QED) is 0.789. The van der Waals surface area contributed by atoms with Crippen LogP contribution in [0.2, 0.25) is 0 Å². The molecular weight excluding hydrogens is 274 g/mol. The van der Waals surface area contributed by atoms with Crippen LogP contribution in [0.5, 0.6) is 0 Å². The first-order valence-electron chi connectivity index (χ1n) is 8.71. The smallest absolute Gasteiger partial charge is 0.323 e. The summed E-state index contributed by atoms with van der Waals surface area (Å²) in [6.45, 7) is 4.60. The molecule has 0 radical (unpaired) electrons. The van der Waals surface area contributed by atoms with E-state index >= 15 is 0 Å². The van der Waals surface area contributed by atoms with Crippen LogP contribution in [0.15, 0.2) is 30.3 Å². The van der Waals surface area contributed by atoms with E-state index in [0.717, 1.165) is 6.42 Å². The van der Waals surface area contributed by atoms with Gasteiger partial charge in [0.2, 0.25) is 0 Å². The Morgan fingerprint density at radius 3 is 2.73 bits per heavy atom. The minimum absolute atomic E-state index is 0.0281. The fraction of sp³-hybridized carbons (Fsp3) is 0.632. The Balaban J connectivity index is 1.87. The van der Waals surface area contributed by atoms with Crippen molar-refractivity contribution in [1.29, 1.82) is 0 Å². The van der Waals surface area contributed by atoms with Gasteiger partial charge in [0.05, 0.1) is 6.61 Å². The summed E-state index contributed by atoms with van der Waals surface area (Å²) in [6, 6.07) is 11.3. The summed E-state index contributed by atoms with van der Waals surface area (Å²) in [5.41, 5.74) is 1.29. The molecule has 3 nitrogen and oxygen atoms in total. The standard InChI is InChI=1S/C19H27NO2/c1-3-22-19(21)18-13-16-11-7-8-12-17(16)20(18)14(2)15-9-5-4-6-10-15/h4-6,9-10,14,16-18H,3,7-8,11-13H2,1-2H3/t14-,16?,17?,18?/m0/s1. The van der Waals surface area contributed by atoms with Crippen LogP contribution in [0.1, 0.15) is 57.6 Å². The van der Waals surface area contributed by atoms with Gasteiger partial charge in [0.25, 0.3) is 0 Å². The molecule has 1 aliphatic heterocycles. The van der Waals surface area contributed by atoms with Crippen molar-refractivity contribution < 1.29 is 9.53 Å². The van der Waals surface area contributed by atoms with Gasteiger partial charge in [-0.05, 0) is 44.6 Å². The van der Waals surface area contributed by atoms with Crippen LogP contribution < -0.4 is 0 Å². The van der Waals surface area contributed by atoms with Crippen molar-refractivity contribution in [3.8, 4) is 0 Å². The van der Waals surface area contributed by atoms with Crippen molar-refractivity contribution in [3.05, 3.63) is 35.9 Å². The first-order chi connectivity index (χ1) is 10.7. The summed E-state index contributed by atoms with van der Waals surface area (Å²) in [5.74, 6) is 0.633. The summed E-state index contributed by atoms with van der Waals surface area (Å²) >= 11 is 0. The molecule has 120 valence electrons. The number of likely N-dealkylation sites (tertiary alicyclic amines) is 1. The molecule has 1 aliphatic carbocycles. The normalized spacial score (nSPS) is 29.8. The highest BCUT2D eigenvalue weighted by molar-refractivity contribution is 5.76. The largest absolute Gasteiger partial charge is 0.465 e. The van der Waals surface area contributed by atoms with E-state index in [4.69, 9.17) is 4.74 Å². The van der Waals surface area contributed by atoms with Gasteiger partial charge in [-0.25, -0.2) is 0 Å². The molecule has 0 bridgehead atoms. The van der Waals surface area contributed by atoms with E-state index < -0.39 is 0 Å². The number of fused-ring (bicyclic) bond motifs is 1. The molecule has 3 heteroatoms. The summed E-state index contributed by atoms with van der Waals surface area (Å²) in [5, 5.41) is 0. The highest BCUT2D eigenvalue weighted by Crippen LogP contribution is 2.44. The first-order valence-corrected chi connectivity index (χ1v) is 8.71. The van der Waals surface area contributed by atoms with E-state index in [1.165, 1.54) is 31.2 Å². The molecule has 0 spiro atoms. The fourth-order valence-electron chi connectivity index (χ4n) is 4.41. The van der Waals surface area contributed by atoms with Crippen molar-refractivity contribution in [2.24, 2.45) is 5.92 Å². The van der Waals surface area contributed by atoms with Gasteiger partial charge in [-0.3, -0.25) is 9.69 Å². The topological polar surface area (TPSA) is 29.5 Å². The zero-order chi connectivity index (χ0) is 15.5. The van der Waals surface area contributed by atoms with Crippen LogP contribution >= 0.6 is 0 Å². The second kappa shape index (κ2) is 6.82. The van der Waals surface area contributed by atoms with Gasteiger partial charge >= 0.3 is 5.97 Å². The van der Waals surface area contributed by atoms with E-state index in [1.807, 2.05) is 13.0 Å². The second-order valence-electron chi connectivity index (χ2n) is 6.65. The molecule has 1 saturated carbocycles. The van der Waals surface area contributed by atoms with Crippen molar-refractivity contribution in [2.45, 2.75) is 64.1 Å². The predicted molar refractivity (Wildman–Crippen MR) is 87.5 cm³/mol. The third kappa shape index (κ3) is 2.91. The summed E-state index contributed by atoms with van der Waals surface area (Å²) in [4.78, 5) is 14.9. The SMILES string of the molecule is CCOC(=O)C1CC2CCCCC2N1[C@@H](C)c1ccccc1. The van der Waals surface area contributed by atoms with Crippen molar-refractivity contribution in [1.82, 2.24) is 4.90 Å². The van der Waals surface area contributed by atoms with Crippen molar-refractivity contribution >= 4 is 5.97 Å². The minimum Gasteiger partial charge on any atom is -0.465 e. The number of rotatable bonds is 4. The second-order valence-corrected chi connectivity index (χ2v) is 6.65. The van der Waals surface area contributed by atoms with Gasteiger partial charge in [-0.2, -0.15) is 0 Å². The van der Waals surface area contributed by atoms with Gasteiger partial charge < -0.3 is 4.74 Å². The maximum absolute atomic E-state index is 12.5. The van der Waals surface area contributed by atoms with E-state index in [0.29, 0.717) is 18.6 Å². The summed E-state index contributed by atoms with van der Waals surface area (Å²) in [6.07, 6.45) is 6.05. The van der Waals surface area contributed by atoms with Crippen LogP contribution in [-0.4, -0.2) is 29.6 Å². The maximum atomic E-state index is 12.5. The number of carbonyl (C=O) groups excluding carboxylic acids is 1. The van der Waals surface area contributed by atoms with Gasteiger partial charge in [0.15, 0.2) is 0 Å². The number of ether oxygens (including phenoxy) is 1. The monoisotopic (exact) mass is 301 g/mol. The molecule has 0 N–H and O–H groups in total. The predicted octanol–water partition coefficient (Wildman–Crippen LogP) is 3.94. The molecule has 1 aromatic carbocycles. The lowest BCUT2D eigenvalue weighted by Crippen LogP contribution is -2.44. The maximum Gasteiger partial charge on any atom is 0.323 e. The average molecular weight is 301 g/mol. The van der Waals surface area contributed by atoms with Gasteiger partial charge in [-0.15, -0.1) is 0 Å². The van der Waals surface area contributed by atoms with E-state index in [-0.39, 0.29) is 18.1 Å². The highest BCUT2D eigenvalue weighted by atomic mass is 16.5. The molecule has 0 amide bonds. The molecular formula is C19H27NO2. The zero-order valence-corrected chi connectivity index (χ0v) is 13.7. The Morgan fingerprint density at radius 2 is 2.00 bits per heavy atom. The Kier molecular flexibility index (Phi) is 4.82. The number of hydrogen-bond donors (Lipinski definition) is 0. The Hall–Kier alpha value is -1.35. The molecule has 3 unspecified atom stereocenters. The van der Waals surface area contributed by atoms with Crippen LogP contribution in [-0.2, 0) is 9.53 Å². The lowest BCUT2D eigenvalue weighted by Gasteiger charge is -2.37. The molecule has 2 fully saturated rings. The molecule has 22 heavy (non-hydrogen) atoms. The number of hydrogen-bond acceptors (Lipinski definition) is 3. The Morgan fingerprint density at radius 1 is 1.27 bits per heavy atom. The fourth-order valence-corrected chi connectivity index (χ4v) is 4.41. The third-order valence-corrected chi connectivity index (χ3v) is 5.43.